The summed E-state index contributed by atoms with van der Waals surface area (Å²) < 4.78 is 64.0. The molecule has 3 rings (SSSR count). The maximum atomic E-state index is 14.7. The fourth-order valence-electron chi connectivity index (χ4n) is 4.83. The lowest BCUT2D eigenvalue weighted by Crippen LogP contribution is -2.35. The van der Waals surface area contributed by atoms with Crippen LogP contribution in [0.1, 0.15) is 89.5 Å². The van der Waals surface area contributed by atoms with Gasteiger partial charge < -0.3 is 4.74 Å². The lowest BCUT2D eigenvalue weighted by Gasteiger charge is -2.36. The number of ether oxygens (including phenoxy) is 1. The topological polar surface area (TPSA) is 9.23 Å². The van der Waals surface area contributed by atoms with Gasteiger partial charge >= 0.3 is 0 Å². The zero-order valence-electron chi connectivity index (χ0n) is 19.8. The fraction of sp³-hybridized carbons (Fsp3) is 0.571. The van der Waals surface area contributed by atoms with Crippen LogP contribution in [0.15, 0.2) is 36.4 Å². The minimum atomic E-state index is -2.66. The van der Waals surface area contributed by atoms with Crippen LogP contribution in [-0.4, -0.2) is 12.5 Å². The Labute approximate surface area is 195 Å². The van der Waals surface area contributed by atoms with E-state index < -0.39 is 23.5 Å². The summed E-state index contributed by atoms with van der Waals surface area (Å²) in [7, 11) is 0. The van der Waals surface area contributed by atoms with Crippen LogP contribution < -0.4 is 4.74 Å². The van der Waals surface area contributed by atoms with Crippen molar-refractivity contribution >= 4 is 0 Å². The number of unbranched alkanes of at least 4 members (excludes halogenated alkanes) is 4. The summed E-state index contributed by atoms with van der Waals surface area (Å²) in [5.41, 5.74) is 1.50. The van der Waals surface area contributed by atoms with Gasteiger partial charge in [0.25, 0.3) is 5.92 Å². The summed E-state index contributed by atoms with van der Waals surface area (Å²) in [5, 5.41) is 0. The number of halogens is 4. The molecule has 1 nitrogen and oxygen atoms in total. The molecule has 2 aromatic rings. The largest absolute Gasteiger partial charge is 0.490 e. The Morgan fingerprint density at radius 3 is 2.21 bits per heavy atom. The van der Waals surface area contributed by atoms with Gasteiger partial charge in [0.2, 0.25) is 5.82 Å². The SMILES string of the molecule is CCCCCOc1ccc(-c2ccc(C3CCC(CCCCC)C(F)(F)C3)cc2)c(F)c1F. The van der Waals surface area contributed by atoms with Crippen LogP contribution in [0.4, 0.5) is 17.6 Å². The zero-order chi connectivity index (χ0) is 23.8. The van der Waals surface area contributed by atoms with Crippen LogP contribution in [0.3, 0.4) is 0 Å². The maximum absolute atomic E-state index is 14.7. The molecule has 1 aliphatic rings. The van der Waals surface area contributed by atoms with E-state index in [0.29, 0.717) is 25.0 Å². The van der Waals surface area contributed by atoms with Gasteiger partial charge in [0.1, 0.15) is 0 Å². The molecule has 182 valence electrons. The predicted molar refractivity (Wildman–Crippen MR) is 126 cm³/mol. The van der Waals surface area contributed by atoms with E-state index in [4.69, 9.17) is 4.74 Å². The Morgan fingerprint density at radius 1 is 0.848 bits per heavy atom. The second-order valence-electron chi connectivity index (χ2n) is 9.35. The van der Waals surface area contributed by atoms with Crippen molar-refractivity contribution in [1.82, 2.24) is 0 Å². The molecule has 2 aromatic carbocycles. The van der Waals surface area contributed by atoms with Crippen molar-refractivity contribution in [2.45, 2.75) is 89.9 Å². The van der Waals surface area contributed by atoms with E-state index in [1.807, 2.05) is 0 Å². The first kappa shape index (κ1) is 25.6. The van der Waals surface area contributed by atoms with Gasteiger partial charge in [-0.3, -0.25) is 0 Å². The number of alkyl halides is 2. The second kappa shape index (κ2) is 11.9. The van der Waals surface area contributed by atoms with Crippen LogP contribution in [0.5, 0.6) is 5.75 Å². The first-order valence-corrected chi connectivity index (χ1v) is 12.5. The highest BCUT2D eigenvalue weighted by atomic mass is 19.3. The minimum Gasteiger partial charge on any atom is -0.490 e. The molecule has 0 aromatic heterocycles. The van der Waals surface area contributed by atoms with E-state index in [-0.39, 0.29) is 23.7 Å². The average molecular weight is 465 g/mol. The summed E-state index contributed by atoms with van der Waals surface area (Å²) in [6, 6.07) is 9.91. The van der Waals surface area contributed by atoms with Crippen molar-refractivity contribution < 1.29 is 22.3 Å². The predicted octanol–water partition coefficient (Wildman–Crippen LogP) is 9.30. The maximum Gasteiger partial charge on any atom is 0.251 e. The third-order valence-electron chi connectivity index (χ3n) is 6.88. The van der Waals surface area contributed by atoms with Crippen molar-refractivity contribution in [1.29, 1.82) is 0 Å². The van der Waals surface area contributed by atoms with Crippen molar-refractivity contribution in [3.8, 4) is 16.9 Å². The van der Waals surface area contributed by atoms with Crippen LogP contribution in [0.25, 0.3) is 11.1 Å². The van der Waals surface area contributed by atoms with Crippen molar-refractivity contribution in [3.63, 3.8) is 0 Å². The van der Waals surface area contributed by atoms with Gasteiger partial charge in [-0.05, 0) is 54.9 Å². The molecule has 0 heterocycles. The van der Waals surface area contributed by atoms with Gasteiger partial charge in [-0.2, -0.15) is 4.39 Å². The number of hydrogen-bond acceptors (Lipinski definition) is 1. The monoisotopic (exact) mass is 464 g/mol. The molecule has 33 heavy (non-hydrogen) atoms. The third-order valence-corrected chi connectivity index (χ3v) is 6.88. The standard InChI is InChI=1S/C28H36F4O/c1-3-5-7-9-23-15-14-22(19-28(23,31)32)20-10-12-21(13-11-20)24-16-17-25(27(30)26(24)29)33-18-8-6-4-2/h10-13,16-17,22-23H,3-9,14-15,18-19H2,1-2H3. The molecule has 1 fully saturated rings. The van der Waals surface area contributed by atoms with Gasteiger partial charge in [-0.1, -0.05) is 70.2 Å². The summed E-state index contributed by atoms with van der Waals surface area (Å²) >= 11 is 0. The molecule has 0 saturated heterocycles. The summed E-state index contributed by atoms with van der Waals surface area (Å²) in [6.07, 6.45) is 7.40. The molecule has 0 aliphatic heterocycles. The van der Waals surface area contributed by atoms with Gasteiger partial charge in [0.15, 0.2) is 11.6 Å². The number of rotatable bonds is 11. The van der Waals surface area contributed by atoms with Crippen LogP contribution in [-0.2, 0) is 0 Å². The Kier molecular flexibility index (Phi) is 9.22. The molecular weight excluding hydrogens is 428 g/mol. The summed E-state index contributed by atoms with van der Waals surface area (Å²) in [6.45, 7) is 4.49. The molecule has 1 aliphatic carbocycles. The summed E-state index contributed by atoms with van der Waals surface area (Å²) in [5.74, 6) is -5.42. The van der Waals surface area contributed by atoms with Gasteiger partial charge in [-0.15, -0.1) is 0 Å². The molecule has 2 atom stereocenters. The summed E-state index contributed by atoms with van der Waals surface area (Å²) in [4.78, 5) is 0. The molecule has 0 N–H and O–H groups in total. The van der Waals surface area contributed by atoms with E-state index in [9.17, 15) is 17.6 Å². The molecular formula is C28H36F4O. The molecule has 0 amide bonds. The molecule has 0 bridgehead atoms. The highest BCUT2D eigenvalue weighted by Crippen LogP contribution is 2.47. The first-order chi connectivity index (χ1) is 15.9. The van der Waals surface area contributed by atoms with Crippen molar-refractivity contribution in [2.75, 3.05) is 6.61 Å². The Morgan fingerprint density at radius 2 is 1.55 bits per heavy atom. The van der Waals surface area contributed by atoms with E-state index >= 15 is 0 Å². The first-order valence-electron chi connectivity index (χ1n) is 12.5. The van der Waals surface area contributed by atoms with Crippen molar-refractivity contribution in [2.24, 2.45) is 5.92 Å². The molecule has 0 radical (unpaired) electrons. The lowest BCUT2D eigenvalue weighted by atomic mass is 9.74. The van der Waals surface area contributed by atoms with Gasteiger partial charge in [0.05, 0.1) is 6.61 Å². The Bertz CT molecular complexity index is 878. The quantitative estimate of drug-likeness (QED) is 0.238. The molecule has 2 unspecified atom stereocenters. The fourth-order valence-corrected chi connectivity index (χ4v) is 4.83. The van der Waals surface area contributed by atoms with Crippen LogP contribution in [0.2, 0.25) is 0 Å². The van der Waals surface area contributed by atoms with E-state index in [2.05, 4.69) is 13.8 Å². The van der Waals surface area contributed by atoms with E-state index in [0.717, 1.165) is 50.5 Å². The van der Waals surface area contributed by atoms with Crippen molar-refractivity contribution in [3.05, 3.63) is 53.6 Å². The minimum absolute atomic E-state index is 0.0816. The zero-order valence-corrected chi connectivity index (χ0v) is 19.8. The van der Waals surface area contributed by atoms with Crippen LogP contribution in [0, 0.1) is 17.6 Å². The second-order valence-corrected chi connectivity index (χ2v) is 9.35. The number of benzene rings is 2. The smallest absolute Gasteiger partial charge is 0.251 e. The van der Waals surface area contributed by atoms with Crippen LogP contribution >= 0.6 is 0 Å². The highest BCUT2D eigenvalue weighted by Gasteiger charge is 2.44. The normalized spacial score (nSPS) is 20.1. The molecule has 0 spiro atoms. The van der Waals surface area contributed by atoms with E-state index in [1.54, 1.807) is 24.3 Å². The highest BCUT2D eigenvalue weighted by molar-refractivity contribution is 5.65. The lowest BCUT2D eigenvalue weighted by molar-refractivity contribution is -0.0949. The van der Waals surface area contributed by atoms with E-state index in [1.165, 1.54) is 12.1 Å². The van der Waals surface area contributed by atoms with Gasteiger partial charge in [-0.25, -0.2) is 13.2 Å². The van der Waals surface area contributed by atoms with Gasteiger partial charge in [0, 0.05) is 17.9 Å². The Balaban J connectivity index is 1.66. The average Bonchev–Trinajstić information content (AvgIpc) is 2.80. The number of hydrogen-bond donors (Lipinski definition) is 0. The Hall–Kier alpha value is -2.04. The third kappa shape index (κ3) is 6.51. The molecule has 5 heteroatoms. The molecule has 1 saturated carbocycles.